The highest BCUT2D eigenvalue weighted by Crippen LogP contribution is 2.37. The Morgan fingerprint density at radius 3 is 2.20 bits per heavy atom. The Morgan fingerprint density at radius 2 is 1.80 bits per heavy atom. The quantitative estimate of drug-likeness (QED) is 0.545. The van der Waals surface area contributed by atoms with Crippen molar-refractivity contribution in [3.05, 3.63) is 0 Å². The highest BCUT2D eigenvalue weighted by atomic mass is 31.1. The van der Waals surface area contributed by atoms with Crippen LogP contribution in [0.2, 0.25) is 0 Å². The lowest BCUT2D eigenvalue weighted by molar-refractivity contribution is 0.458. The van der Waals surface area contributed by atoms with Crippen molar-refractivity contribution in [3.8, 4) is 0 Å². The van der Waals surface area contributed by atoms with Gasteiger partial charge in [-0.2, -0.15) is 0 Å². The molecule has 0 radical (unpaired) electrons. The molecular weight excluding hydrogens is 143 g/mol. The molecule has 0 heterocycles. The molecule has 0 amide bonds. The van der Waals surface area contributed by atoms with Gasteiger partial charge in [0.25, 0.3) is 0 Å². The molecule has 0 aromatic heterocycles. The molecule has 0 saturated heterocycles. The number of rotatable bonds is 6. The fraction of sp³-hybridized carbons (Fsp3) is 1.00. The van der Waals surface area contributed by atoms with Crippen molar-refractivity contribution in [2.24, 2.45) is 0 Å². The summed E-state index contributed by atoms with van der Waals surface area (Å²) in [4.78, 5) is 0. The molecular formula is C8H19OP. The highest BCUT2D eigenvalue weighted by molar-refractivity contribution is 7.52. The molecule has 0 aromatic rings. The van der Waals surface area contributed by atoms with Crippen LogP contribution in [0.4, 0.5) is 0 Å². The first-order valence-electron chi connectivity index (χ1n) is 4.14. The SMILES string of the molecule is CCCCP(CCC)OC. The molecule has 10 heavy (non-hydrogen) atoms. The Balaban J connectivity index is 3.21. The van der Waals surface area contributed by atoms with Crippen LogP contribution in [0.5, 0.6) is 0 Å². The van der Waals surface area contributed by atoms with Crippen molar-refractivity contribution in [2.75, 3.05) is 19.4 Å². The molecule has 0 saturated carbocycles. The van der Waals surface area contributed by atoms with E-state index in [1.165, 1.54) is 31.6 Å². The van der Waals surface area contributed by atoms with Gasteiger partial charge in [-0.1, -0.05) is 26.7 Å². The summed E-state index contributed by atoms with van der Waals surface area (Å²) < 4.78 is 5.36. The number of hydrogen-bond donors (Lipinski definition) is 0. The monoisotopic (exact) mass is 162 g/mol. The molecule has 1 unspecified atom stereocenters. The van der Waals surface area contributed by atoms with Crippen LogP contribution < -0.4 is 0 Å². The molecule has 0 fully saturated rings. The first-order valence-corrected chi connectivity index (χ1v) is 5.77. The summed E-state index contributed by atoms with van der Waals surface area (Å²) in [6.45, 7) is 4.45. The van der Waals surface area contributed by atoms with Gasteiger partial charge in [-0.25, -0.2) is 0 Å². The summed E-state index contributed by atoms with van der Waals surface area (Å²) in [5, 5.41) is 0. The highest BCUT2D eigenvalue weighted by Gasteiger charge is 2.03. The van der Waals surface area contributed by atoms with Gasteiger partial charge in [0.05, 0.1) is 0 Å². The second-order valence-electron chi connectivity index (χ2n) is 2.47. The van der Waals surface area contributed by atoms with Gasteiger partial charge in [-0.3, -0.25) is 0 Å². The molecule has 0 aliphatic carbocycles. The Hall–Kier alpha value is 0.390. The molecule has 0 N–H and O–H groups in total. The summed E-state index contributed by atoms with van der Waals surface area (Å²) in [7, 11) is 1.78. The zero-order chi connectivity index (χ0) is 7.82. The van der Waals surface area contributed by atoms with Gasteiger partial charge < -0.3 is 4.52 Å². The summed E-state index contributed by atoms with van der Waals surface area (Å²) in [6, 6.07) is 0. The molecule has 1 nitrogen and oxygen atoms in total. The minimum Gasteiger partial charge on any atom is -0.362 e. The lowest BCUT2D eigenvalue weighted by Gasteiger charge is -2.12. The van der Waals surface area contributed by atoms with E-state index in [4.69, 9.17) is 4.52 Å². The third-order valence-electron chi connectivity index (χ3n) is 1.49. The average molecular weight is 162 g/mol. The molecule has 0 aliphatic rings. The second kappa shape index (κ2) is 7.50. The van der Waals surface area contributed by atoms with Gasteiger partial charge in [-0.15, -0.1) is 0 Å². The van der Waals surface area contributed by atoms with Gasteiger partial charge in [0.1, 0.15) is 0 Å². The molecule has 0 spiro atoms. The van der Waals surface area contributed by atoms with E-state index in [0.29, 0.717) is 0 Å². The van der Waals surface area contributed by atoms with Crippen LogP contribution >= 0.6 is 8.15 Å². The zero-order valence-corrected chi connectivity index (χ0v) is 8.29. The number of unbranched alkanes of at least 4 members (excludes halogenated alkanes) is 1. The third kappa shape index (κ3) is 5.20. The Morgan fingerprint density at radius 1 is 1.10 bits per heavy atom. The van der Waals surface area contributed by atoms with E-state index in [1.54, 1.807) is 0 Å². The maximum atomic E-state index is 5.36. The van der Waals surface area contributed by atoms with E-state index in [-0.39, 0.29) is 8.15 Å². The van der Waals surface area contributed by atoms with E-state index in [1.807, 2.05) is 7.11 Å². The largest absolute Gasteiger partial charge is 0.362 e. The number of hydrogen-bond acceptors (Lipinski definition) is 1. The predicted molar refractivity (Wildman–Crippen MR) is 48.9 cm³/mol. The standard InChI is InChI=1S/C8H19OP/c1-4-6-8-10(9-3)7-5-2/h4-8H2,1-3H3. The maximum absolute atomic E-state index is 5.36. The van der Waals surface area contributed by atoms with Crippen LogP contribution in [0.15, 0.2) is 0 Å². The van der Waals surface area contributed by atoms with Crippen molar-refractivity contribution in [2.45, 2.75) is 33.1 Å². The van der Waals surface area contributed by atoms with Crippen molar-refractivity contribution >= 4 is 8.15 Å². The third-order valence-corrected chi connectivity index (χ3v) is 3.77. The normalized spacial score (nSPS) is 13.5. The van der Waals surface area contributed by atoms with Crippen LogP contribution in [0.1, 0.15) is 33.1 Å². The van der Waals surface area contributed by atoms with Crippen molar-refractivity contribution < 1.29 is 4.52 Å². The van der Waals surface area contributed by atoms with E-state index in [2.05, 4.69) is 13.8 Å². The first kappa shape index (κ1) is 10.4. The van der Waals surface area contributed by atoms with Crippen molar-refractivity contribution in [1.29, 1.82) is 0 Å². The van der Waals surface area contributed by atoms with Crippen LogP contribution in [-0.4, -0.2) is 19.4 Å². The zero-order valence-electron chi connectivity index (χ0n) is 7.39. The second-order valence-corrected chi connectivity index (χ2v) is 4.69. The van der Waals surface area contributed by atoms with Gasteiger partial charge >= 0.3 is 0 Å². The topological polar surface area (TPSA) is 9.23 Å². The summed E-state index contributed by atoms with van der Waals surface area (Å²) in [5.74, 6) is 0. The van der Waals surface area contributed by atoms with Crippen LogP contribution in [-0.2, 0) is 4.52 Å². The van der Waals surface area contributed by atoms with Gasteiger partial charge in [-0.05, 0) is 18.7 Å². The average Bonchev–Trinajstić information content (AvgIpc) is 1.98. The predicted octanol–water partition coefficient (Wildman–Crippen LogP) is 3.24. The lowest BCUT2D eigenvalue weighted by atomic mass is 10.4. The van der Waals surface area contributed by atoms with Crippen LogP contribution in [0, 0.1) is 0 Å². The van der Waals surface area contributed by atoms with E-state index in [9.17, 15) is 0 Å². The van der Waals surface area contributed by atoms with Crippen LogP contribution in [0.3, 0.4) is 0 Å². The fourth-order valence-electron chi connectivity index (χ4n) is 0.878. The first-order chi connectivity index (χ1) is 4.85. The summed E-state index contributed by atoms with van der Waals surface area (Å²) in [5.41, 5.74) is 0. The lowest BCUT2D eigenvalue weighted by Crippen LogP contribution is -1.90. The van der Waals surface area contributed by atoms with Gasteiger partial charge in [0.2, 0.25) is 0 Å². The molecule has 62 valence electrons. The van der Waals surface area contributed by atoms with E-state index < -0.39 is 0 Å². The molecule has 0 aromatic carbocycles. The van der Waals surface area contributed by atoms with Crippen molar-refractivity contribution in [1.82, 2.24) is 0 Å². The molecule has 0 aliphatic heterocycles. The fourth-order valence-corrected chi connectivity index (χ4v) is 2.63. The Bertz CT molecular complexity index is 66.3. The summed E-state index contributed by atoms with van der Waals surface area (Å²) >= 11 is 0. The van der Waals surface area contributed by atoms with Crippen molar-refractivity contribution in [3.63, 3.8) is 0 Å². The van der Waals surface area contributed by atoms with Crippen LogP contribution in [0.25, 0.3) is 0 Å². The Labute approximate surface area is 66.0 Å². The van der Waals surface area contributed by atoms with Gasteiger partial charge in [0.15, 0.2) is 0 Å². The minimum atomic E-state index is -0.0644. The van der Waals surface area contributed by atoms with E-state index in [0.717, 1.165) is 0 Å². The van der Waals surface area contributed by atoms with Gasteiger partial charge in [0, 0.05) is 15.3 Å². The smallest absolute Gasteiger partial charge is 0.0398 e. The molecule has 0 bridgehead atoms. The molecule has 0 rings (SSSR count). The minimum absolute atomic E-state index is 0.0644. The molecule has 1 atom stereocenters. The summed E-state index contributed by atoms with van der Waals surface area (Å²) in [6.07, 6.45) is 6.48. The maximum Gasteiger partial charge on any atom is 0.0398 e. The van der Waals surface area contributed by atoms with E-state index >= 15 is 0 Å². The Kier molecular flexibility index (Phi) is 7.79. The molecule has 2 heteroatoms.